The zero-order valence-corrected chi connectivity index (χ0v) is 14.1. The maximum Gasteiger partial charge on any atom is 0.266 e. The zero-order chi connectivity index (χ0) is 17.3. The van der Waals surface area contributed by atoms with Crippen molar-refractivity contribution in [3.05, 3.63) is 17.5 Å². The van der Waals surface area contributed by atoms with E-state index in [0.29, 0.717) is 32.4 Å². The summed E-state index contributed by atoms with van der Waals surface area (Å²) in [4.78, 5) is 30.9. The molecule has 130 valence electrons. The molecule has 8 nitrogen and oxygen atoms in total. The summed E-state index contributed by atoms with van der Waals surface area (Å²) in [6.45, 7) is 5.87. The van der Waals surface area contributed by atoms with Crippen LogP contribution in [-0.4, -0.2) is 51.4 Å². The van der Waals surface area contributed by atoms with Gasteiger partial charge >= 0.3 is 0 Å². The van der Waals surface area contributed by atoms with Crippen LogP contribution < -0.4 is 5.73 Å². The molecular formula is C16H23N5O3. The monoisotopic (exact) mass is 333 g/mol. The molecule has 8 heteroatoms. The molecule has 0 spiro atoms. The second-order valence-corrected chi connectivity index (χ2v) is 6.30. The molecular weight excluding hydrogens is 310 g/mol. The molecule has 1 saturated heterocycles. The third-order valence-electron chi connectivity index (χ3n) is 4.87. The molecule has 1 aromatic rings. The first kappa shape index (κ1) is 16.5. The van der Waals surface area contributed by atoms with Gasteiger partial charge in [0.05, 0.1) is 11.9 Å². The zero-order valence-electron chi connectivity index (χ0n) is 14.1. The number of primary amides is 1. The first-order valence-electron chi connectivity index (χ1n) is 8.34. The lowest BCUT2D eigenvalue weighted by atomic mass is 9.95. The Labute approximate surface area is 140 Å². The molecule has 0 unspecified atom stereocenters. The number of carbonyl (C=O) groups is 2. The van der Waals surface area contributed by atoms with Gasteiger partial charge < -0.3 is 15.5 Å². The summed E-state index contributed by atoms with van der Waals surface area (Å²) in [7, 11) is 0. The van der Waals surface area contributed by atoms with Crippen LogP contribution in [0.25, 0.3) is 0 Å². The summed E-state index contributed by atoms with van der Waals surface area (Å²) < 4.78 is 1.89. The standard InChI is InChI=1S/C16H23N5O3/c1-3-21-10(2)12(9-18-21)13-8-14(24-19-13)16(23)20-6-4-11(5-7-20)15(17)22/h9,11,14H,3-8H2,1-2H3,(H2,17,22)/t14-/m1/s1. The highest BCUT2D eigenvalue weighted by atomic mass is 16.6. The number of hydrogen-bond donors (Lipinski definition) is 1. The van der Waals surface area contributed by atoms with Crippen LogP contribution in [0.4, 0.5) is 0 Å². The fraction of sp³-hybridized carbons (Fsp3) is 0.625. The van der Waals surface area contributed by atoms with E-state index in [1.165, 1.54) is 0 Å². The number of aryl methyl sites for hydroxylation is 1. The van der Waals surface area contributed by atoms with Gasteiger partial charge in [-0.25, -0.2) is 0 Å². The normalized spacial score (nSPS) is 21.5. The molecule has 2 N–H and O–H groups in total. The van der Waals surface area contributed by atoms with Crippen LogP contribution in [0.5, 0.6) is 0 Å². The average molecular weight is 333 g/mol. The lowest BCUT2D eigenvalue weighted by Crippen LogP contribution is -2.45. The Kier molecular flexibility index (Phi) is 4.55. The number of nitrogens with two attached hydrogens (primary N) is 1. The molecule has 3 heterocycles. The average Bonchev–Trinajstić information content (AvgIpc) is 3.20. The smallest absolute Gasteiger partial charge is 0.266 e. The summed E-state index contributed by atoms with van der Waals surface area (Å²) in [5.74, 6) is -0.488. The summed E-state index contributed by atoms with van der Waals surface area (Å²) in [6, 6.07) is 0. The predicted octanol–water partition coefficient (Wildman–Crippen LogP) is 0.428. The van der Waals surface area contributed by atoms with E-state index >= 15 is 0 Å². The fourth-order valence-electron chi connectivity index (χ4n) is 3.31. The number of likely N-dealkylation sites (tertiary alicyclic amines) is 1. The van der Waals surface area contributed by atoms with E-state index in [0.717, 1.165) is 23.5 Å². The second kappa shape index (κ2) is 6.62. The third-order valence-corrected chi connectivity index (χ3v) is 4.87. The van der Waals surface area contributed by atoms with Gasteiger partial charge in [0.25, 0.3) is 5.91 Å². The molecule has 0 radical (unpaired) electrons. The van der Waals surface area contributed by atoms with Gasteiger partial charge in [-0.1, -0.05) is 5.16 Å². The van der Waals surface area contributed by atoms with E-state index in [4.69, 9.17) is 10.6 Å². The van der Waals surface area contributed by atoms with Crippen LogP contribution in [0, 0.1) is 12.8 Å². The van der Waals surface area contributed by atoms with E-state index in [2.05, 4.69) is 10.3 Å². The van der Waals surface area contributed by atoms with E-state index < -0.39 is 6.10 Å². The van der Waals surface area contributed by atoms with E-state index in [9.17, 15) is 9.59 Å². The highest BCUT2D eigenvalue weighted by Crippen LogP contribution is 2.23. The minimum absolute atomic E-state index is 0.0720. The Morgan fingerprint density at radius 2 is 2.08 bits per heavy atom. The highest BCUT2D eigenvalue weighted by Gasteiger charge is 2.35. The van der Waals surface area contributed by atoms with E-state index in [1.54, 1.807) is 11.1 Å². The Morgan fingerprint density at radius 1 is 1.38 bits per heavy atom. The van der Waals surface area contributed by atoms with Crippen molar-refractivity contribution in [2.75, 3.05) is 13.1 Å². The molecule has 0 saturated carbocycles. The number of oxime groups is 1. The number of piperidine rings is 1. The second-order valence-electron chi connectivity index (χ2n) is 6.30. The molecule has 0 aromatic carbocycles. The SMILES string of the molecule is CCn1ncc(C2=NO[C@@H](C(=O)N3CCC(C(N)=O)CC3)C2)c1C. The summed E-state index contributed by atoms with van der Waals surface area (Å²) in [6.07, 6.45) is 2.86. The first-order chi connectivity index (χ1) is 11.5. The maximum atomic E-state index is 12.6. The van der Waals surface area contributed by atoms with Crippen molar-refractivity contribution in [2.45, 2.75) is 45.8 Å². The molecule has 1 fully saturated rings. The van der Waals surface area contributed by atoms with Gasteiger partial charge in [0.2, 0.25) is 12.0 Å². The van der Waals surface area contributed by atoms with Gasteiger partial charge in [0.15, 0.2) is 0 Å². The molecule has 2 amide bonds. The van der Waals surface area contributed by atoms with Crippen LogP contribution in [0.1, 0.15) is 37.4 Å². The van der Waals surface area contributed by atoms with Crippen molar-refractivity contribution in [1.29, 1.82) is 0 Å². The highest BCUT2D eigenvalue weighted by molar-refractivity contribution is 6.04. The van der Waals surface area contributed by atoms with Gasteiger partial charge in [-0.2, -0.15) is 5.10 Å². The number of hydrogen-bond acceptors (Lipinski definition) is 5. The summed E-state index contributed by atoms with van der Waals surface area (Å²) in [5, 5.41) is 8.40. The fourth-order valence-corrected chi connectivity index (χ4v) is 3.31. The molecule has 2 aliphatic rings. The van der Waals surface area contributed by atoms with Crippen molar-refractivity contribution in [3.8, 4) is 0 Å². The molecule has 0 aliphatic carbocycles. The number of amides is 2. The van der Waals surface area contributed by atoms with Gasteiger partial charge in [-0.3, -0.25) is 14.3 Å². The van der Waals surface area contributed by atoms with Crippen molar-refractivity contribution in [3.63, 3.8) is 0 Å². The van der Waals surface area contributed by atoms with E-state index in [1.807, 2.05) is 18.5 Å². The van der Waals surface area contributed by atoms with Crippen LogP contribution in [0.15, 0.2) is 11.4 Å². The Hall–Kier alpha value is -2.38. The minimum atomic E-state index is -0.588. The molecule has 1 atom stereocenters. The minimum Gasteiger partial charge on any atom is -0.382 e. The molecule has 1 aromatic heterocycles. The van der Waals surface area contributed by atoms with Gasteiger partial charge in [-0.05, 0) is 26.7 Å². The molecule has 24 heavy (non-hydrogen) atoms. The van der Waals surface area contributed by atoms with Gasteiger partial charge in [-0.15, -0.1) is 0 Å². The number of nitrogens with zero attached hydrogens (tertiary/aromatic N) is 4. The topological polar surface area (TPSA) is 103 Å². The third kappa shape index (κ3) is 3.00. The van der Waals surface area contributed by atoms with Gasteiger partial charge in [0.1, 0.15) is 0 Å². The van der Waals surface area contributed by atoms with Crippen LogP contribution in [-0.2, 0) is 21.0 Å². The van der Waals surface area contributed by atoms with Crippen LogP contribution >= 0.6 is 0 Å². The lowest BCUT2D eigenvalue weighted by molar-refractivity contribution is -0.144. The van der Waals surface area contributed by atoms with Crippen molar-refractivity contribution >= 4 is 17.5 Å². The van der Waals surface area contributed by atoms with Crippen LogP contribution in [0.3, 0.4) is 0 Å². The van der Waals surface area contributed by atoms with Gasteiger partial charge in [0, 0.05) is 43.2 Å². The first-order valence-corrected chi connectivity index (χ1v) is 8.34. The van der Waals surface area contributed by atoms with Crippen molar-refractivity contribution in [2.24, 2.45) is 16.8 Å². The Bertz CT molecular complexity index is 673. The summed E-state index contributed by atoms with van der Waals surface area (Å²) >= 11 is 0. The Balaban J connectivity index is 1.59. The number of aromatic nitrogens is 2. The van der Waals surface area contributed by atoms with Crippen LogP contribution in [0.2, 0.25) is 0 Å². The van der Waals surface area contributed by atoms with E-state index in [-0.39, 0.29) is 17.7 Å². The maximum absolute atomic E-state index is 12.6. The number of rotatable bonds is 4. The lowest BCUT2D eigenvalue weighted by Gasteiger charge is -2.31. The molecule has 0 bridgehead atoms. The number of carbonyl (C=O) groups excluding carboxylic acids is 2. The largest absolute Gasteiger partial charge is 0.382 e. The molecule has 2 aliphatic heterocycles. The molecule has 3 rings (SSSR count). The Morgan fingerprint density at radius 3 is 2.67 bits per heavy atom. The van der Waals surface area contributed by atoms with Crippen molar-refractivity contribution in [1.82, 2.24) is 14.7 Å². The van der Waals surface area contributed by atoms with Crippen molar-refractivity contribution < 1.29 is 14.4 Å². The summed E-state index contributed by atoms with van der Waals surface area (Å²) in [5.41, 5.74) is 8.04. The quantitative estimate of drug-likeness (QED) is 0.863. The predicted molar refractivity (Wildman–Crippen MR) is 87.2 cm³/mol.